The summed E-state index contributed by atoms with van der Waals surface area (Å²) < 4.78 is 0. The lowest BCUT2D eigenvalue weighted by Crippen LogP contribution is -2.08. The Bertz CT molecular complexity index is 1180. The molecule has 0 aliphatic heterocycles. The molecule has 0 spiro atoms. The van der Waals surface area contributed by atoms with Crippen molar-refractivity contribution in [3.8, 4) is 11.5 Å². The number of carbonyl (C=O) groups excluding carboxylic acids is 2. The molecule has 0 bridgehead atoms. The maximum Gasteiger partial charge on any atom is 0.193 e. The molecule has 0 heterocycles. The molecule has 0 fully saturated rings. The molecule has 0 aromatic heterocycles. The van der Waals surface area contributed by atoms with Gasteiger partial charge in [0.25, 0.3) is 0 Å². The van der Waals surface area contributed by atoms with Crippen LogP contribution in [-0.2, 0) is 0 Å². The molecule has 0 amide bonds. The van der Waals surface area contributed by atoms with E-state index >= 15 is 0 Å². The van der Waals surface area contributed by atoms with Crippen molar-refractivity contribution < 1.29 is 19.8 Å². The van der Waals surface area contributed by atoms with Gasteiger partial charge in [0.1, 0.15) is 11.5 Å². The highest BCUT2D eigenvalue weighted by Gasteiger charge is 2.21. The van der Waals surface area contributed by atoms with E-state index in [-0.39, 0.29) is 23.1 Å². The Hall–Kier alpha value is -3.92. The second-order valence-electron chi connectivity index (χ2n) is 7.36. The summed E-state index contributed by atoms with van der Waals surface area (Å²) in [7, 11) is 0. The first kappa shape index (κ1) is 19.4. The van der Waals surface area contributed by atoms with Gasteiger partial charge in [0.05, 0.1) is 0 Å². The molecule has 2 N–H and O–H groups in total. The molecular weight excluding hydrogens is 376 g/mol. The molecule has 0 aliphatic carbocycles. The number of hydrogen-bond acceptors (Lipinski definition) is 4. The second kappa shape index (κ2) is 7.48. The minimum atomic E-state index is -0.162. The van der Waals surface area contributed by atoms with E-state index in [0.29, 0.717) is 33.0 Å². The molecule has 148 valence electrons. The number of aromatic hydroxyl groups is 2. The van der Waals surface area contributed by atoms with Crippen LogP contribution in [-0.4, -0.2) is 21.8 Å². The van der Waals surface area contributed by atoms with Gasteiger partial charge >= 0.3 is 0 Å². The van der Waals surface area contributed by atoms with Gasteiger partial charge in [-0.3, -0.25) is 9.59 Å². The summed E-state index contributed by atoms with van der Waals surface area (Å²) in [6.07, 6.45) is 0. The number of phenolic OH excluding ortho intramolecular Hbond substituents is 2. The van der Waals surface area contributed by atoms with Crippen LogP contribution in [0.5, 0.6) is 11.5 Å². The topological polar surface area (TPSA) is 74.6 Å². The third-order valence-electron chi connectivity index (χ3n) is 5.33. The van der Waals surface area contributed by atoms with Crippen LogP contribution < -0.4 is 0 Å². The van der Waals surface area contributed by atoms with Gasteiger partial charge < -0.3 is 10.2 Å². The van der Waals surface area contributed by atoms with Gasteiger partial charge in [-0.25, -0.2) is 0 Å². The van der Waals surface area contributed by atoms with Crippen LogP contribution in [0.25, 0.3) is 10.8 Å². The van der Waals surface area contributed by atoms with E-state index in [1.54, 1.807) is 24.3 Å². The van der Waals surface area contributed by atoms with Gasteiger partial charge in [0.2, 0.25) is 0 Å². The zero-order valence-electron chi connectivity index (χ0n) is 16.6. The summed E-state index contributed by atoms with van der Waals surface area (Å²) in [6, 6.07) is 19.7. The summed E-state index contributed by atoms with van der Waals surface area (Å²) in [6.45, 7) is 3.74. The van der Waals surface area contributed by atoms with Crippen LogP contribution in [0.15, 0.2) is 72.8 Å². The summed E-state index contributed by atoms with van der Waals surface area (Å²) in [5, 5.41) is 20.5. The minimum absolute atomic E-state index is 0.0959. The molecule has 4 aromatic carbocycles. The molecule has 4 heteroatoms. The molecule has 0 saturated carbocycles. The monoisotopic (exact) mass is 396 g/mol. The van der Waals surface area contributed by atoms with Gasteiger partial charge in [-0.1, -0.05) is 24.3 Å². The molecule has 4 aromatic rings. The average Bonchev–Trinajstić information content (AvgIpc) is 2.74. The molecule has 0 aliphatic rings. The van der Waals surface area contributed by atoms with Crippen LogP contribution in [0, 0.1) is 13.8 Å². The zero-order chi connectivity index (χ0) is 21.4. The molecule has 30 heavy (non-hydrogen) atoms. The van der Waals surface area contributed by atoms with E-state index in [4.69, 9.17) is 0 Å². The number of hydrogen-bond donors (Lipinski definition) is 2. The molecule has 0 radical (unpaired) electrons. The third kappa shape index (κ3) is 3.33. The van der Waals surface area contributed by atoms with Gasteiger partial charge in [-0.15, -0.1) is 0 Å². The smallest absolute Gasteiger partial charge is 0.193 e. The lowest BCUT2D eigenvalue weighted by atomic mass is 9.87. The van der Waals surface area contributed by atoms with E-state index in [0.717, 1.165) is 11.1 Å². The molecule has 0 unspecified atom stereocenters. The van der Waals surface area contributed by atoms with Crippen LogP contribution >= 0.6 is 0 Å². The van der Waals surface area contributed by atoms with Crippen molar-refractivity contribution >= 4 is 22.3 Å². The molecule has 0 atom stereocenters. The largest absolute Gasteiger partial charge is 0.508 e. The molecule has 0 saturated heterocycles. The number of benzene rings is 4. The fraction of sp³-hybridized carbons (Fsp3) is 0.0769. The average molecular weight is 396 g/mol. The molecule has 4 nitrogen and oxygen atoms in total. The summed E-state index contributed by atoms with van der Waals surface area (Å²) in [5.74, 6) is -0.132. The Morgan fingerprint density at radius 3 is 1.20 bits per heavy atom. The van der Waals surface area contributed by atoms with Crippen molar-refractivity contribution in [3.63, 3.8) is 0 Å². The number of rotatable bonds is 4. The first-order valence-electron chi connectivity index (χ1n) is 9.57. The first-order valence-corrected chi connectivity index (χ1v) is 9.57. The fourth-order valence-electron chi connectivity index (χ4n) is 3.74. The maximum absolute atomic E-state index is 13.3. The Labute approximate surface area is 174 Å². The van der Waals surface area contributed by atoms with Crippen molar-refractivity contribution in [1.82, 2.24) is 0 Å². The number of carbonyl (C=O) groups is 2. The van der Waals surface area contributed by atoms with Crippen molar-refractivity contribution in [2.24, 2.45) is 0 Å². The van der Waals surface area contributed by atoms with Crippen LogP contribution in [0.3, 0.4) is 0 Å². The van der Waals surface area contributed by atoms with E-state index in [1.807, 2.05) is 38.1 Å². The highest BCUT2D eigenvalue weighted by molar-refractivity contribution is 6.22. The van der Waals surface area contributed by atoms with E-state index in [9.17, 15) is 19.8 Å². The quantitative estimate of drug-likeness (QED) is 0.457. The Balaban J connectivity index is 1.92. The predicted molar refractivity (Wildman–Crippen MR) is 117 cm³/mol. The van der Waals surface area contributed by atoms with Crippen LogP contribution in [0.2, 0.25) is 0 Å². The van der Waals surface area contributed by atoms with E-state index in [1.165, 1.54) is 24.3 Å². The van der Waals surface area contributed by atoms with Crippen molar-refractivity contribution in [2.45, 2.75) is 13.8 Å². The van der Waals surface area contributed by atoms with Gasteiger partial charge in [0.15, 0.2) is 11.6 Å². The standard InChI is InChI=1S/C26H20O4/c1-15-3-13-22-21(23(15)25(29)17-5-9-19(27)10-6-17)14-4-16(2)24(22)26(30)18-7-11-20(28)12-8-18/h3-14,27-28H,1-2H3. The van der Waals surface area contributed by atoms with Gasteiger partial charge in [0, 0.05) is 22.3 Å². The predicted octanol–water partition coefficient (Wildman–Crippen LogP) is 5.33. The fourth-order valence-corrected chi connectivity index (χ4v) is 3.74. The van der Waals surface area contributed by atoms with Gasteiger partial charge in [-0.05, 0) is 84.3 Å². The minimum Gasteiger partial charge on any atom is -0.508 e. The normalized spacial score (nSPS) is 10.9. The lowest BCUT2D eigenvalue weighted by Gasteiger charge is -2.15. The molecular formula is C26H20O4. The number of ketones is 2. The maximum atomic E-state index is 13.3. The number of aryl methyl sites for hydroxylation is 2. The lowest BCUT2D eigenvalue weighted by molar-refractivity contribution is 0.103. The van der Waals surface area contributed by atoms with Crippen molar-refractivity contribution in [2.75, 3.05) is 0 Å². The highest BCUT2D eigenvalue weighted by atomic mass is 16.3. The zero-order valence-corrected chi connectivity index (χ0v) is 16.6. The van der Waals surface area contributed by atoms with Gasteiger partial charge in [-0.2, -0.15) is 0 Å². The summed E-state index contributed by atoms with van der Waals surface area (Å²) in [5.41, 5.74) is 3.64. The Kier molecular flexibility index (Phi) is 4.84. The Morgan fingerprint density at radius 2 is 0.867 bits per heavy atom. The van der Waals surface area contributed by atoms with E-state index < -0.39 is 0 Å². The summed E-state index contributed by atoms with van der Waals surface area (Å²) >= 11 is 0. The molecule has 4 rings (SSSR count). The van der Waals surface area contributed by atoms with Crippen molar-refractivity contribution in [3.05, 3.63) is 106 Å². The Morgan fingerprint density at radius 1 is 0.533 bits per heavy atom. The third-order valence-corrected chi connectivity index (χ3v) is 5.33. The second-order valence-corrected chi connectivity index (χ2v) is 7.36. The highest BCUT2D eigenvalue weighted by Crippen LogP contribution is 2.31. The first-order chi connectivity index (χ1) is 14.4. The van der Waals surface area contributed by atoms with Crippen molar-refractivity contribution in [1.29, 1.82) is 0 Å². The van der Waals surface area contributed by atoms with E-state index in [2.05, 4.69) is 0 Å². The SMILES string of the molecule is Cc1ccc2c(C(=O)c3ccc(O)cc3)c(C)ccc2c1C(=O)c1ccc(O)cc1. The number of fused-ring (bicyclic) bond motifs is 1. The van der Waals surface area contributed by atoms with Crippen LogP contribution in [0.1, 0.15) is 43.0 Å². The number of phenols is 2. The summed E-state index contributed by atoms with van der Waals surface area (Å²) in [4.78, 5) is 26.5. The van der Waals surface area contributed by atoms with Crippen LogP contribution in [0.4, 0.5) is 0 Å².